The van der Waals surface area contributed by atoms with Gasteiger partial charge in [0.2, 0.25) is 0 Å². The predicted molar refractivity (Wildman–Crippen MR) is 90.4 cm³/mol. The largest absolute Gasteiger partial charge is 0.312 e. The van der Waals surface area contributed by atoms with Crippen LogP contribution in [0.5, 0.6) is 0 Å². The van der Waals surface area contributed by atoms with Crippen LogP contribution in [-0.4, -0.2) is 11.5 Å². The number of benzene rings is 1. The molecule has 5 heteroatoms. The fraction of sp³-hybridized carbons (Fsp3) is 0.625. The maximum atomic E-state index is 10.7. The maximum Gasteiger partial charge on any atom is 0.270 e. The highest BCUT2D eigenvalue weighted by Crippen LogP contribution is 2.25. The number of nitro benzene ring substituents is 1. The normalized spacial score (nSPS) is 11.6. The van der Waals surface area contributed by atoms with Gasteiger partial charge in [-0.15, -0.1) is 0 Å². The van der Waals surface area contributed by atoms with Crippen molar-refractivity contribution in [1.82, 2.24) is 5.32 Å². The van der Waals surface area contributed by atoms with E-state index in [0.29, 0.717) is 0 Å². The number of non-ortho nitro benzene ring substituents is 1. The fourth-order valence-corrected chi connectivity index (χ4v) is 2.78. The first-order valence-corrected chi connectivity index (χ1v) is 8.28. The number of nitrogens with zero attached hydrogens (tertiary/aromatic N) is 1. The molecule has 0 fully saturated rings. The second kappa shape index (κ2) is 8.49. The van der Waals surface area contributed by atoms with Crippen LogP contribution in [0.15, 0.2) is 22.7 Å². The quantitative estimate of drug-likeness (QED) is 0.382. The molecular weight excluding hydrogens is 332 g/mol. The van der Waals surface area contributed by atoms with Crippen molar-refractivity contribution in [3.05, 3.63) is 38.3 Å². The number of unbranched alkanes of at least 4 members (excludes halogenated alkanes) is 2. The minimum Gasteiger partial charge on any atom is -0.312 e. The summed E-state index contributed by atoms with van der Waals surface area (Å²) in [7, 11) is 0. The lowest BCUT2D eigenvalue weighted by molar-refractivity contribution is -0.384. The Kier molecular flexibility index (Phi) is 7.32. The molecule has 0 saturated carbocycles. The summed E-state index contributed by atoms with van der Waals surface area (Å²) in [6.07, 6.45) is 5.03. The molecule has 0 aromatic heterocycles. The lowest BCUT2D eigenvalue weighted by Gasteiger charge is -2.25. The van der Waals surface area contributed by atoms with Crippen molar-refractivity contribution in [2.24, 2.45) is 5.41 Å². The van der Waals surface area contributed by atoms with Crippen LogP contribution in [0.2, 0.25) is 0 Å². The van der Waals surface area contributed by atoms with E-state index < -0.39 is 0 Å². The van der Waals surface area contributed by atoms with Gasteiger partial charge in [-0.05, 0) is 23.5 Å². The molecule has 0 aliphatic heterocycles. The maximum absolute atomic E-state index is 10.7. The summed E-state index contributed by atoms with van der Waals surface area (Å²) in [5.74, 6) is 0. The molecule has 1 rings (SSSR count). The molecule has 0 atom stereocenters. The molecule has 0 radical (unpaired) electrons. The summed E-state index contributed by atoms with van der Waals surface area (Å²) in [6.45, 7) is 8.44. The average molecular weight is 357 g/mol. The molecule has 0 amide bonds. The standard InChI is InChI=1S/C16H25BrN2O2/c1-4-5-6-9-16(2,3)12-18-11-13-7-8-14(19(20)21)10-15(13)17/h7-8,10,18H,4-6,9,11-12H2,1-3H3. The van der Waals surface area contributed by atoms with Gasteiger partial charge in [0, 0.05) is 29.7 Å². The molecule has 0 saturated heterocycles. The molecule has 0 unspecified atom stereocenters. The summed E-state index contributed by atoms with van der Waals surface area (Å²) in [4.78, 5) is 10.3. The monoisotopic (exact) mass is 356 g/mol. The Morgan fingerprint density at radius 1 is 1.33 bits per heavy atom. The summed E-state index contributed by atoms with van der Waals surface area (Å²) in [6, 6.07) is 4.91. The van der Waals surface area contributed by atoms with Gasteiger partial charge >= 0.3 is 0 Å². The van der Waals surface area contributed by atoms with Crippen molar-refractivity contribution in [1.29, 1.82) is 0 Å². The van der Waals surface area contributed by atoms with E-state index in [0.717, 1.165) is 23.1 Å². The lowest BCUT2D eigenvalue weighted by Crippen LogP contribution is -2.29. The third-order valence-corrected chi connectivity index (χ3v) is 4.36. The summed E-state index contributed by atoms with van der Waals surface area (Å²) < 4.78 is 0.785. The zero-order valence-electron chi connectivity index (χ0n) is 13.1. The van der Waals surface area contributed by atoms with Crippen molar-refractivity contribution in [2.45, 2.75) is 53.0 Å². The van der Waals surface area contributed by atoms with Crippen LogP contribution in [0.4, 0.5) is 5.69 Å². The Morgan fingerprint density at radius 3 is 2.62 bits per heavy atom. The van der Waals surface area contributed by atoms with E-state index in [9.17, 15) is 10.1 Å². The van der Waals surface area contributed by atoms with Crippen LogP contribution in [0.25, 0.3) is 0 Å². The predicted octanol–water partition coefficient (Wildman–Crippen LogP) is 5.05. The van der Waals surface area contributed by atoms with Crippen LogP contribution >= 0.6 is 15.9 Å². The molecule has 0 heterocycles. The van der Waals surface area contributed by atoms with Gasteiger partial charge in [-0.2, -0.15) is 0 Å². The fourth-order valence-electron chi connectivity index (χ4n) is 2.27. The Bertz CT molecular complexity index is 475. The lowest BCUT2D eigenvalue weighted by atomic mass is 9.87. The SMILES string of the molecule is CCCCCC(C)(C)CNCc1ccc([N+](=O)[O-])cc1Br. The van der Waals surface area contributed by atoms with Crippen LogP contribution < -0.4 is 5.32 Å². The zero-order chi connectivity index (χ0) is 15.9. The van der Waals surface area contributed by atoms with Gasteiger partial charge in [-0.25, -0.2) is 0 Å². The molecule has 0 aliphatic carbocycles. The van der Waals surface area contributed by atoms with Gasteiger partial charge in [0.1, 0.15) is 0 Å². The summed E-state index contributed by atoms with van der Waals surface area (Å²) in [5, 5.41) is 14.2. The molecular formula is C16H25BrN2O2. The summed E-state index contributed by atoms with van der Waals surface area (Å²) >= 11 is 3.40. The topological polar surface area (TPSA) is 55.2 Å². The molecule has 1 N–H and O–H groups in total. The minimum absolute atomic E-state index is 0.116. The van der Waals surface area contributed by atoms with E-state index in [-0.39, 0.29) is 16.0 Å². The highest BCUT2D eigenvalue weighted by atomic mass is 79.9. The molecule has 118 valence electrons. The van der Waals surface area contributed by atoms with Crippen molar-refractivity contribution in [3.8, 4) is 0 Å². The number of rotatable bonds is 9. The van der Waals surface area contributed by atoms with E-state index >= 15 is 0 Å². The van der Waals surface area contributed by atoms with Crippen molar-refractivity contribution < 1.29 is 4.92 Å². The zero-order valence-corrected chi connectivity index (χ0v) is 14.7. The first kappa shape index (κ1) is 18.1. The Balaban J connectivity index is 2.46. The second-order valence-corrected chi connectivity index (χ2v) is 7.11. The second-order valence-electron chi connectivity index (χ2n) is 6.26. The first-order chi connectivity index (χ1) is 9.85. The Labute approximate surface area is 135 Å². The molecule has 0 spiro atoms. The average Bonchev–Trinajstić information content (AvgIpc) is 2.40. The Hall–Kier alpha value is -0.940. The van der Waals surface area contributed by atoms with Gasteiger partial charge in [-0.3, -0.25) is 10.1 Å². The van der Waals surface area contributed by atoms with Crippen LogP contribution in [0, 0.1) is 15.5 Å². The smallest absolute Gasteiger partial charge is 0.270 e. The minimum atomic E-state index is -0.376. The van der Waals surface area contributed by atoms with Crippen LogP contribution in [0.1, 0.15) is 52.0 Å². The summed E-state index contributed by atoms with van der Waals surface area (Å²) in [5.41, 5.74) is 1.44. The van der Waals surface area contributed by atoms with Gasteiger partial charge < -0.3 is 5.32 Å². The van der Waals surface area contributed by atoms with Crippen molar-refractivity contribution >= 4 is 21.6 Å². The Morgan fingerprint density at radius 2 is 2.05 bits per heavy atom. The van der Waals surface area contributed by atoms with E-state index in [1.807, 2.05) is 0 Å². The number of hydrogen-bond acceptors (Lipinski definition) is 3. The third kappa shape index (κ3) is 6.57. The highest BCUT2D eigenvalue weighted by molar-refractivity contribution is 9.10. The number of nitro groups is 1. The number of nitrogens with one attached hydrogen (secondary N) is 1. The van der Waals surface area contributed by atoms with Crippen LogP contribution in [-0.2, 0) is 6.54 Å². The molecule has 4 nitrogen and oxygen atoms in total. The molecule has 0 aliphatic rings. The van der Waals surface area contributed by atoms with Gasteiger partial charge in [0.05, 0.1) is 4.92 Å². The van der Waals surface area contributed by atoms with E-state index in [2.05, 4.69) is 42.0 Å². The van der Waals surface area contributed by atoms with Gasteiger partial charge in [0.15, 0.2) is 0 Å². The molecule has 21 heavy (non-hydrogen) atoms. The molecule has 0 bridgehead atoms. The van der Waals surface area contributed by atoms with Gasteiger partial charge in [-0.1, -0.05) is 56.0 Å². The molecule has 1 aromatic carbocycles. The van der Waals surface area contributed by atoms with Gasteiger partial charge in [0.25, 0.3) is 5.69 Å². The van der Waals surface area contributed by atoms with E-state index in [4.69, 9.17) is 0 Å². The number of hydrogen-bond donors (Lipinski definition) is 1. The third-order valence-electron chi connectivity index (χ3n) is 3.62. The number of halogens is 1. The van der Waals surface area contributed by atoms with Crippen molar-refractivity contribution in [2.75, 3.05) is 6.54 Å². The first-order valence-electron chi connectivity index (χ1n) is 7.49. The highest BCUT2D eigenvalue weighted by Gasteiger charge is 2.17. The van der Waals surface area contributed by atoms with Crippen molar-refractivity contribution in [3.63, 3.8) is 0 Å². The van der Waals surface area contributed by atoms with E-state index in [1.54, 1.807) is 18.2 Å². The molecule has 1 aromatic rings. The van der Waals surface area contributed by atoms with Crippen LogP contribution in [0.3, 0.4) is 0 Å². The van der Waals surface area contributed by atoms with E-state index in [1.165, 1.54) is 25.7 Å².